The van der Waals surface area contributed by atoms with E-state index in [0.29, 0.717) is 40.8 Å². The van der Waals surface area contributed by atoms with E-state index in [0.717, 1.165) is 90.5 Å². The fourth-order valence-corrected chi connectivity index (χ4v) is 7.29. The van der Waals surface area contributed by atoms with Crippen LogP contribution in [0.4, 0.5) is 0 Å². The van der Waals surface area contributed by atoms with Crippen molar-refractivity contribution >= 4 is 21.8 Å². The van der Waals surface area contributed by atoms with Gasteiger partial charge in [0.15, 0.2) is 0 Å². The summed E-state index contributed by atoms with van der Waals surface area (Å²) in [5.74, 6) is 3.66. The minimum Gasteiger partial charge on any atom is -0.503 e. The van der Waals surface area contributed by atoms with Gasteiger partial charge in [0.05, 0.1) is 0 Å². The van der Waals surface area contributed by atoms with Crippen molar-refractivity contribution in [3.05, 3.63) is 143 Å². The van der Waals surface area contributed by atoms with Crippen LogP contribution in [0.3, 0.4) is 0 Å². The number of benzene rings is 4. The number of rotatable bonds is 11. The van der Waals surface area contributed by atoms with Crippen LogP contribution < -0.4 is 9.47 Å². The molecule has 4 aromatic carbocycles. The first-order valence-corrected chi connectivity index (χ1v) is 19.4. The predicted molar refractivity (Wildman–Crippen MR) is 225 cm³/mol. The van der Waals surface area contributed by atoms with Gasteiger partial charge < -0.3 is 24.0 Å². The molecule has 0 aliphatic carbocycles. The van der Waals surface area contributed by atoms with Crippen LogP contribution in [0.2, 0.25) is 0 Å². The van der Waals surface area contributed by atoms with Gasteiger partial charge in [-0.15, -0.1) is 58.7 Å². The van der Waals surface area contributed by atoms with E-state index >= 15 is 0 Å². The van der Waals surface area contributed by atoms with Gasteiger partial charge in [-0.2, -0.15) is 22.9 Å². The Morgan fingerprint density at radius 1 is 0.559 bits per heavy atom. The summed E-state index contributed by atoms with van der Waals surface area (Å²) in [6.07, 6.45) is 8.31. The van der Waals surface area contributed by atoms with Crippen molar-refractivity contribution in [3.63, 3.8) is 0 Å². The van der Waals surface area contributed by atoms with Gasteiger partial charge in [-0.25, -0.2) is 15.0 Å². The molecule has 0 radical (unpaired) electrons. The van der Waals surface area contributed by atoms with Crippen LogP contribution in [0.25, 0.3) is 50.3 Å². The molecule has 0 aliphatic rings. The van der Waals surface area contributed by atoms with Crippen LogP contribution in [0, 0.1) is 63.8 Å². The largest absolute Gasteiger partial charge is 2.00 e. The Hall–Kier alpha value is -5.03. The maximum atomic E-state index is 6.74. The van der Waals surface area contributed by atoms with Crippen LogP contribution in [-0.4, -0.2) is 29.5 Å². The van der Waals surface area contributed by atoms with Crippen LogP contribution in [-0.2, 0) is 55.0 Å². The van der Waals surface area contributed by atoms with E-state index in [4.69, 9.17) is 9.47 Å². The summed E-state index contributed by atoms with van der Waals surface area (Å²) in [5, 5.41) is 1.88. The number of nitrogens with zero attached hydrogens (tertiary/aromatic N) is 6. The molecule has 0 fully saturated rings. The summed E-state index contributed by atoms with van der Waals surface area (Å²) in [6.45, 7) is 17.2. The molecule has 0 saturated carbocycles. The molecule has 8 aromatic rings. The SMILES string of the molecule is Cc1ccnc(-c2[c-]c(Oc3[c-]c4c(cc3)c3ccc(Oc5[c-]c(-c6cc(C)ccn6)cc(C)c5CC(C)C)[c-]c3n4-c3ncncn3)c(CC(C)C)c(C)c2)c1.[Pt+2].[Pt+2]. The summed E-state index contributed by atoms with van der Waals surface area (Å²) in [6, 6.07) is 34.7. The zero-order valence-electron chi connectivity index (χ0n) is 34.3. The molecule has 4 heterocycles. The number of aromatic nitrogens is 6. The first-order valence-electron chi connectivity index (χ1n) is 19.4. The molecule has 4 aromatic heterocycles. The average molecular weight is 1140 g/mol. The molecule has 0 N–H and O–H groups in total. The molecule has 0 saturated heterocycles. The van der Waals surface area contributed by atoms with E-state index in [1.807, 2.05) is 53.4 Å². The molecule has 0 amide bonds. The second-order valence-electron chi connectivity index (χ2n) is 15.6. The van der Waals surface area contributed by atoms with Gasteiger partial charge in [0.1, 0.15) is 12.7 Å². The van der Waals surface area contributed by atoms with E-state index in [9.17, 15) is 0 Å². The van der Waals surface area contributed by atoms with Crippen LogP contribution in [0.5, 0.6) is 23.0 Å². The molecular formula is C49H44N6O2Pt2. The molecule has 8 rings (SSSR count). The van der Waals surface area contributed by atoms with Crippen LogP contribution in [0.1, 0.15) is 61.1 Å². The van der Waals surface area contributed by atoms with E-state index < -0.39 is 0 Å². The Labute approximate surface area is 375 Å². The second kappa shape index (κ2) is 18.5. The van der Waals surface area contributed by atoms with E-state index in [1.54, 1.807) is 0 Å². The topological polar surface area (TPSA) is 87.8 Å². The summed E-state index contributed by atoms with van der Waals surface area (Å²) in [5.41, 5.74) is 11.7. The van der Waals surface area contributed by atoms with Crippen molar-refractivity contribution < 1.29 is 51.6 Å². The second-order valence-corrected chi connectivity index (χ2v) is 15.6. The van der Waals surface area contributed by atoms with Crippen molar-refractivity contribution in [2.75, 3.05) is 0 Å². The summed E-state index contributed by atoms with van der Waals surface area (Å²) in [4.78, 5) is 22.5. The third-order valence-electron chi connectivity index (χ3n) is 9.96. The Morgan fingerprint density at radius 3 is 1.41 bits per heavy atom. The maximum Gasteiger partial charge on any atom is 2.00 e. The van der Waals surface area contributed by atoms with Gasteiger partial charge in [-0.1, -0.05) is 124 Å². The molecule has 302 valence electrons. The van der Waals surface area contributed by atoms with Crippen LogP contribution in [0.15, 0.2) is 85.7 Å². The zero-order chi connectivity index (χ0) is 39.8. The van der Waals surface area contributed by atoms with Gasteiger partial charge in [0.25, 0.3) is 0 Å². The normalized spacial score (nSPS) is 11.2. The molecule has 10 heteroatoms. The summed E-state index contributed by atoms with van der Waals surface area (Å²) in [7, 11) is 0. The first-order chi connectivity index (χ1) is 27.5. The maximum absolute atomic E-state index is 6.74. The van der Waals surface area contributed by atoms with Crippen LogP contribution >= 0.6 is 0 Å². The van der Waals surface area contributed by atoms with Crippen molar-refractivity contribution in [1.29, 1.82) is 0 Å². The van der Waals surface area contributed by atoms with Gasteiger partial charge >= 0.3 is 42.1 Å². The Kier molecular flexibility index (Phi) is 13.6. The van der Waals surface area contributed by atoms with Crippen molar-refractivity contribution in [2.24, 2.45) is 11.8 Å². The average Bonchev–Trinajstić information content (AvgIpc) is 3.50. The molecular weight excluding hydrogens is 1090 g/mol. The zero-order valence-corrected chi connectivity index (χ0v) is 38.8. The quantitative estimate of drug-likeness (QED) is 0.119. The number of aryl methyl sites for hydroxylation is 4. The third kappa shape index (κ3) is 9.40. The summed E-state index contributed by atoms with van der Waals surface area (Å²) >= 11 is 0. The molecule has 0 spiro atoms. The predicted octanol–water partition coefficient (Wildman–Crippen LogP) is 11.5. The van der Waals surface area contributed by atoms with E-state index in [2.05, 4.69) is 129 Å². The monoisotopic (exact) mass is 1140 g/mol. The third-order valence-corrected chi connectivity index (χ3v) is 9.96. The first kappa shape index (κ1) is 43.5. The number of hydrogen-bond acceptors (Lipinski definition) is 7. The Morgan fingerprint density at radius 2 is 1.00 bits per heavy atom. The number of hydrogen-bond donors (Lipinski definition) is 0. The molecule has 0 unspecified atom stereocenters. The Bertz CT molecular complexity index is 2600. The number of ether oxygens (including phenoxy) is 2. The van der Waals surface area contributed by atoms with Gasteiger partial charge in [-0.05, 0) is 37.4 Å². The fourth-order valence-electron chi connectivity index (χ4n) is 7.29. The summed E-state index contributed by atoms with van der Waals surface area (Å²) < 4.78 is 15.4. The smallest absolute Gasteiger partial charge is 0.503 e. The molecule has 59 heavy (non-hydrogen) atoms. The van der Waals surface area contributed by atoms with Gasteiger partial charge in [-0.3, -0.25) is 0 Å². The minimum absolute atomic E-state index is 0. The molecule has 0 aliphatic heterocycles. The minimum atomic E-state index is 0. The Balaban J connectivity index is 0.00000293. The van der Waals surface area contributed by atoms with Crippen molar-refractivity contribution in [2.45, 2.75) is 68.2 Å². The number of pyridine rings is 2. The fraction of sp³-hybridized carbons (Fsp3) is 0.245. The van der Waals surface area contributed by atoms with E-state index in [1.165, 1.54) is 12.7 Å². The number of fused-ring (bicyclic) bond motifs is 3. The standard InChI is InChI=1S/C49H44N6O2.2Pt/c1-29(2)17-41-33(7)21-35(43-19-31(5)13-15-51-43)23-47(41)56-37-9-11-39-40-12-10-38(26-46(40)55(45(39)25-37)49-53-27-50-28-54-49)57-48-24-36(44-20-32(6)14-16-52-44)22-34(8)42(48)18-30(3)4;;/h9-16,19-22,27-30H,17-18H2,1-8H3;;/q-4;2*+2. The van der Waals surface area contributed by atoms with Crippen molar-refractivity contribution in [1.82, 2.24) is 29.5 Å². The van der Waals surface area contributed by atoms with E-state index in [-0.39, 0.29) is 42.1 Å². The molecule has 0 atom stereocenters. The molecule has 8 nitrogen and oxygen atoms in total. The van der Waals surface area contributed by atoms with Gasteiger partial charge in [0, 0.05) is 35.4 Å². The van der Waals surface area contributed by atoms with Gasteiger partial charge in [0.2, 0.25) is 5.95 Å². The molecule has 0 bridgehead atoms. The van der Waals surface area contributed by atoms with Crippen molar-refractivity contribution in [3.8, 4) is 51.5 Å².